The number of pyridine rings is 1. The van der Waals surface area contributed by atoms with Gasteiger partial charge in [-0.2, -0.15) is 0 Å². The number of nitrogens with zero attached hydrogens (tertiary/aromatic N) is 1. The fourth-order valence-electron chi connectivity index (χ4n) is 1.16. The average Bonchev–Trinajstić information content (AvgIpc) is 2.16. The molecule has 0 aromatic carbocycles. The first-order valence-electron chi connectivity index (χ1n) is 4.28. The molecule has 1 heterocycles. The normalized spacial score (nSPS) is 11.3. The Morgan fingerprint density at radius 3 is 2.62 bits per heavy atom. The van der Waals surface area contributed by atoms with Gasteiger partial charge in [0.15, 0.2) is 6.29 Å². The van der Waals surface area contributed by atoms with Gasteiger partial charge in [0, 0.05) is 18.3 Å². The molecular weight excluding hydrogens is 225 g/mol. The van der Waals surface area contributed by atoms with E-state index in [1.54, 1.807) is 0 Å². The van der Waals surface area contributed by atoms with Crippen LogP contribution in [0.4, 0.5) is 13.2 Å². The summed E-state index contributed by atoms with van der Waals surface area (Å²) in [5.41, 5.74) is 5.20. The summed E-state index contributed by atoms with van der Waals surface area (Å²) in [5, 5.41) is 0. The van der Waals surface area contributed by atoms with Gasteiger partial charge in [-0.05, 0) is 6.92 Å². The molecular formula is C9H9F3N2O2. The highest BCUT2D eigenvalue weighted by Crippen LogP contribution is 2.29. The molecule has 7 heteroatoms. The monoisotopic (exact) mass is 234 g/mol. The minimum absolute atomic E-state index is 0.0324. The summed E-state index contributed by atoms with van der Waals surface area (Å²) in [6.07, 6.45) is -3.44. The van der Waals surface area contributed by atoms with Gasteiger partial charge in [-0.1, -0.05) is 0 Å². The molecule has 0 aliphatic rings. The highest BCUT2D eigenvalue weighted by molar-refractivity contribution is 5.81. The van der Waals surface area contributed by atoms with Crippen LogP contribution in [0, 0.1) is 6.92 Å². The second kappa shape index (κ2) is 4.48. The third-order valence-electron chi connectivity index (χ3n) is 1.90. The third kappa shape index (κ3) is 2.69. The van der Waals surface area contributed by atoms with E-state index in [1.165, 1.54) is 6.92 Å². The summed E-state index contributed by atoms with van der Waals surface area (Å²) >= 11 is 0. The molecule has 0 fully saturated rings. The number of rotatable bonds is 3. The van der Waals surface area contributed by atoms with Crippen molar-refractivity contribution in [2.24, 2.45) is 5.73 Å². The molecule has 0 amide bonds. The number of carbonyl (C=O) groups excluding carboxylic acids is 1. The number of ether oxygens (including phenoxy) is 1. The molecule has 0 bridgehead atoms. The zero-order valence-electron chi connectivity index (χ0n) is 8.34. The van der Waals surface area contributed by atoms with Crippen molar-refractivity contribution in [3.8, 4) is 5.75 Å². The highest BCUT2D eigenvalue weighted by atomic mass is 19.4. The van der Waals surface area contributed by atoms with Crippen molar-refractivity contribution in [3.63, 3.8) is 0 Å². The van der Waals surface area contributed by atoms with Crippen molar-refractivity contribution >= 4 is 6.29 Å². The topological polar surface area (TPSA) is 65.2 Å². The Morgan fingerprint density at radius 1 is 1.56 bits per heavy atom. The number of aryl methyl sites for hydroxylation is 1. The lowest BCUT2D eigenvalue weighted by molar-refractivity contribution is -0.275. The lowest BCUT2D eigenvalue weighted by Crippen LogP contribution is -2.20. The molecule has 0 atom stereocenters. The summed E-state index contributed by atoms with van der Waals surface area (Å²) < 4.78 is 40.1. The van der Waals surface area contributed by atoms with Crippen LogP contribution in [0.1, 0.15) is 21.6 Å². The van der Waals surface area contributed by atoms with Crippen LogP contribution in [0.3, 0.4) is 0 Å². The van der Waals surface area contributed by atoms with Gasteiger partial charge in [0.25, 0.3) is 0 Å². The Bertz CT molecular complexity index is 404. The molecule has 2 N–H and O–H groups in total. The molecule has 4 nitrogen and oxygen atoms in total. The first-order chi connectivity index (χ1) is 7.39. The van der Waals surface area contributed by atoms with E-state index in [0.29, 0.717) is 0 Å². The Labute approximate surface area is 89.2 Å². The lowest BCUT2D eigenvalue weighted by atomic mass is 10.1. The molecule has 0 spiro atoms. The fraction of sp³-hybridized carbons (Fsp3) is 0.333. The molecule has 0 saturated carbocycles. The van der Waals surface area contributed by atoms with E-state index >= 15 is 0 Å². The van der Waals surface area contributed by atoms with E-state index in [0.717, 1.165) is 6.20 Å². The van der Waals surface area contributed by atoms with Gasteiger partial charge in [-0.15, -0.1) is 13.2 Å². The minimum Gasteiger partial charge on any atom is -0.405 e. The molecule has 16 heavy (non-hydrogen) atoms. The quantitative estimate of drug-likeness (QED) is 0.806. The van der Waals surface area contributed by atoms with E-state index in [9.17, 15) is 18.0 Å². The van der Waals surface area contributed by atoms with E-state index in [-0.39, 0.29) is 29.7 Å². The van der Waals surface area contributed by atoms with E-state index in [2.05, 4.69) is 9.72 Å². The molecule has 0 saturated heterocycles. The largest absolute Gasteiger partial charge is 0.573 e. The number of hydrogen-bond acceptors (Lipinski definition) is 4. The molecule has 1 aromatic rings. The molecule has 88 valence electrons. The van der Waals surface area contributed by atoms with Crippen LogP contribution in [0.2, 0.25) is 0 Å². The second-order valence-corrected chi connectivity index (χ2v) is 2.98. The van der Waals surface area contributed by atoms with Crippen LogP contribution >= 0.6 is 0 Å². The molecule has 0 aliphatic heterocycles. The predicted molar refractivity (Wildman–Crippen MR) is 48.9 cm³/mol. The third-order valence-corrected chi connectivity index (χ3v) is 1.90. The number of alkyl halides is 3. The van der Waals surface area contributed by atoms with Crippen molar-refractivity contribution in [1.82, 2.24) is 4.98 Å². The van der Waals surface area contributed by atoms with Gasteiger partial charge < -0.3 is 10.5 Å². The van der Waals surface area contributed by atoms with Gasteiger partial charge in [-0.25, -0.2) is 0 Å². The maximum Gasteiger partial charge on any atom is 0.573 e. The lowest BCUT2D eigenvalue weighted by Gasteiger charge is -2.14. The van der Waals surface area contributed by atoms with Crippen molar-refractivity contribution in [1.29, 1.82) is 0 Å². The summed E-state index contributed by atoms with van der Waals surface area (Å²) in [4.78, 5) is 14.4. The fourth-order valence-corrected chi connectivity index (χ4v) is 1.16. The number of nitrogens with two attached hydrogens (primary N) is 1. The SMILES string of the molecule is Cc1ncc(CN)c(OC(F)(F)F)c1C=O. The summed E-state index contributed by atoms with van der Waals surface area (Å²) in [5.74, 6) is -0.572. The smallest absolute Gasteiger partial charge is 0.405 e. The van der Waals surface area contributed by atoms with Crippen molar-refractivity contribution in [3.05, 3.63) is 23.0 Å². The number of halogens is 3. The predicted octanol–water partition coefficient (Wildman–Crippen LogP) is 1.56. The summed E-state index contributed by atoms with van der Waals surface area (Å²) in [7, 11) is 0. The molecule has 1 rings (SSSR count). The zero-order valence-corrected chi connectivity index (χ0v) is 8.34. The highest BCUT2D eigenvalue weighted by Gasteiger charge is 2.33. The van der Waals surface area contributed by atoms with Gasteiger partial charge in [0.2, 0.25) is 0 Å². The molecule has 0 unspecified atom stereocenters. The molecule has 0 radical (unpaired) electrons. The Balaban J connectivity index is 3.31. The first-order valence-corrected chi connectivity index (χ1v) is 4.28. The number of carbonyl (C=O) groups is 1. The minimum atomic E-state index is -4.87. The van der Waals surface area contributed by atoms with Crippen LogP contribution in [-0.4, -0.2) is 17.6 Å². The summed E-state index contributed by atoms with van der Waals surface area (Å²) in [6.45, 7) is 1.22. The number of aldehydes is 1. The second-order valence-electron chi connectivity index (χ2n) is 2.98. The Morgan fingerprint density at radius 2 is 2.19 bits per heavy atom. The molecule has 1 aromatic heterocycles. The molecule has 0 aliphatic carbocycles. The van der Waals surface area contributed by atoms with Crippen LogP contribution in [0.15, 0.2) is 6.20 Å². The van der Waals surface area contributed by atoms with E-state index in [4.69, 9.17) is 5.73 Å². The van der Waals surface area contributed by atoms with Crippen molar-refractivity contribution in [2.45, 2.75) is 19.8 Å². The maximum atomic E-state index is 12.1. The average molecular weight is 234 g/mol. The van der Waals surface area contributed by atoms with E-state index < -0.39 is 12.1 Å². The maximum absolute atomic E-state index is 12.1. The zero-order chi connectivity index (χ0) is 12.3. The van der Waals surface area contributed by atoms with Gasteiger partial charge >= 0.3 is 6.36 Å². The van der Waals surface area contributed by atoms with Crippen LogP contribution in [0.25, 0.3) is 0 Å². The first kappa shape index (κ1) is 12.4. The van der Waals surface area contributed by atoms with Gasteiger partial charge in [-0.3, -0.25) is 9.78 Å². The van der Waals surface area contributed by atoms with Crippen molar-refractivity contribution in [2.75, 3.05) is 0 Å². The van der Waals surface area contributed by atoms with E-state index in [1.807, 2.05) is 0 Å². The Hall–Kier alpha value is -1.63. The van der Waals surface area contributed by atoms with Crippen molar-refractivity contribution < 1.29 is 22.7 Å². The standard InChI is InChI=1S/C9H9F3N2O2/c1-5-7(4-15)8(16-9(10,11)12)6(2-13)3-14-5/h3-4H,2,13H2,1H3. The van der Waals surface area contributed by atoms with Gasteiger partial charge in [0.05, 0.1) is 11.3 Å². The number of hydrogen-bond donors (Lipinski definition) is 1. The number of aromatic nitrogens is 1. The van der Waals surface area contributed by atoms with Gasteiger partial charge in [0.1, 0.15) is 5.75 Å². The summed E-state index contributed by atoms with van der Waals surface area (Å²) in [6, 6.07) is 0. The van der Waals surface area contributed by atoms with Crippen LogP contribution in [0.5, 0.6) is 5.75 Å². The van der Waals surface area contributed by atoms with Crippen LogP contribution in [-0.2, 0) is 6.54 Å². The Kier molecular flexibility index (Phi) is 3.48. The van der Waals surface area contributed by atoms with Crippen LogP contribution < -0.4 is 10.5 Å².